The second-order valence-corrected chi connectivity index (χ2v) is 4.31. The maximum Gasteiger partial charge on any atom is 0.322 e. The van der Waals surface area contributed by atoms with Crippen LogP contribution in [0.3, 0.4) is 0 Å². The first-order valence-electron chi connectivity index (χ1n) is 2.89. The number of thiophene rings is 1. The second kappa shape index (κ2) is 3.73. The Morgan fingerprint density at radius 3 is 2.91 bits per heavy atom. The van der Waals surface area contributed by atoms with E-state index in [1.807, 2.05) is 12.1 Å². The van der Waals surface area contributed by atoms with Gasteiger partial charge in [0, 0.05) is 0 Å². The fourth-order valence-corrected chi connectivity index (χ4v) is 1.85. The number of aliphatic carboxylic acids is 1. The molecule has 0 saturated heterocycles. The van der Waals surface area contributed by atoms with Crippen LogP contribution in [0.25, 0.3) is 0 Å². The van der Waals surface area contributed by atoms with Gasteiger partial charge in [0.2, 0.25) is 0 Å². The zero-order valence-corrected chi connectivity index (χ0v) is 7.91. The molecule has 60 valence electrons. The summed E-state index contributed by atoms with van der Waals surface area (Å²) in [5, 5.41) is 11.9. The molecule has 11 heavy (non-hydrogen) atoms. The van der Waals surface area contributed by atoms with Crippen LogP contribution in [-0.4, -0.2) is 17.6 Å². The van der Waals surface area contributed by atoms with Crippen LogP contribution in [0.4, 0.5) is 5.00 Å². The Bertz CT molecular complexity index is 261. The van der Waals surface area contributed by atoms with Crippen molar-refractivity contribution in [3.63, 3.8) is 0 Å². The maximum absolute atomic E-state index is 10.1. The van der Waals surface area contributed by atoms with Crippen molar-refractivity contribution in [3.8, 4) is 0 Å². The van der Waals surface area contributed by atoms with Gasteiger partial charge in [0.25, 0.3) is 0 Å². The van der Waals surface area contributed by atoms with Gasteiger partial charge >= 0.3 is 5.97 Å². The Hall–Kier alpha value is -0.550. The van der Waals surface area contributed by atoms with Crippen molar-refractivity contribution < 1.29 is 9.90 Å². The number of carboxylic acids is 1. The molecule has 0 amide bonds. The molecule has 0 saturated carbocycles. The number of nitrogens with one attached hydrogen (secondary N) is 1. The number of carbonyl (C=O) groups is 1. The maximum atomic E-state index is 10.1. The van der Waals surface area contributed by atoms with Crippen LogP contribution < -0.4 is 5.32 Å². The van der Waals surface area contributed by atoms with E-state index in [-0.39, 0.29) is 6.54 Å². The van der Waals surface area contributed by atoms with Gasteiger partial charge in [0.1, 0.15) is 6.54 Å². The number of anilines is 1. The van der Waals surface area contributed by atoms with Crippen molar-refractivity contribution in [3.05, 3.63) is 15.9 Å². The molecular weight excluding hydrogens is 230 g/mol. The molecule has 0 atom stereocenters. The number of carboxylic acid groups (broad SMARTS) is 1. The number of hydrogen-bond acceptors (Lipinski definition) is 3. The van der Waals surface area contributed by atoms with Gasteiger partial charge in [-0.25, -0.2) is 0 Å². The third kappa shape index (κ3) is 2.90. The summed E-state index contributed by atoms with van der Waals surface area (Å²) in [5.74, 6) is -0.852. The fraction of sp³-hybridized carbons (Fsp3) is 0.167. The van der Waals surface area contributed by atoms with E-state index in [1.54, 1.807) is 0 Å². The van der Waals surface area contributed by atoms with E-state index < -0.39 is 5.97 Å². The van der Waals surface area contributed by atoms with Crippen molar-refractivity contribution in [1.29, 1.82) is 0 Å². The summed E-state index contributed by atoms with van der Waals surface area (Å²) in [6, 6.07) is 3.70. The third-order valence-electron chi connectivity index (χ3n) is 0.987. The summed E-state index contributed by atoms with van der Waals surface area (Å²) in [5.41, 5.74) is 0. The van der Waals surface area contributed by atoms with Crippen molar-refractivity contribution in [2.24, 2.45) is 0 Å². The molecule has 0 fully saturated rings. The molecule has 0 aliphatic carbocycles. The minimum atomic E-state index is -0.852. The van der Waals surface area contributed by atoms with Crippen LogP contribution in [0.1, 0.15) is 0 Å². The molecule has 2 N–H and O–H groups in total. The first-order chi connectivity index (χ1) is 5.18. The van der Waals surface area contributed by atoms with Crippen LogP contribution >= 0.6 is 27.3 Å². The smallest absolute Gasteiger partial charge is 0.322 e. The van der Waals surface area contributed by atoms with Crippen molar-refractivity contribution in [2.45, 2.75) is 0 Å². The van der Waals surface area contributed by atoms with E-state index in [9.17, 15) is 4.79 Å². The van der Waals surface area contributed by atoms with E-state index in [4.69, 9.17) is 5.11 Å². The normalized spacial score (nSPS) is 9.55. The summed E-state index contributed by atoms with van der Waals surface area (Å²) in [7, 11) is 0. The Labute approximate surface area is 76.2 Å². The fourth-order valence-electron chi connectivity index (χ4n) is 0.572. The van der Waals surface area contributed by atoms with Crippen LogP contribution in [-0.2, 0) is 4.79 Å². The Balaban J connectivity index is 2.45. The van der Waals surface area contributed by atoms with Crippen LogP contribution in [0.5, 0.6) is 0 Å². The molecule has 0 aliphatic heterocycles. The highest BCUT2D eigenvalue weighted by molar-refractivity contribution is 9.11. The topological polar surface area (TPSA) is 49.3 Å². The molecular formula is C6H6BrNO2S. The molecule has 3 nitrogen and oxygen atoms in total. The zero-order chi connectivity index (χ0) is 8.27. The zero-order valence-electron chi connectivity index (χ0n) is 5.50. The Kier molecular flexibility index (Phi) is 2.90. The molecule has 1 rings (SSSR count). The molecule has 1 aromatic heterocycles. The standard InChI is InChI=1S/C6H6BrNO2S/c7-4-1-2-5(11-4)8-3-6(9)10/h1-2,8H,3H2,(H,9,10). The molecule has 0 bridgehead atoms. The summed E-state index contributed by atoms with van der Waals surface area (Å²) in [6.07, 6.45) is 0. The predicted molar refractivity (Wildman–Crippen MR) is 48.1 cm³/mol. The van der Waals surface area contributed by atoms with Gasteiger partial charge in [-0.2, -0.15) is 0 Å². The average Bonchev–Trinajstić information content (AvgIpc) is 2.31. The molecule has 5 heteroatoms. The monoisotopic (exact) mass is 235 g/mol. The van der Waals surface area contributed by atoms with Crippen LogP contribution in [0.2, 0.25) is 0 Å². The van der Waals surface area contributed by atoms with Gasteiger partial charge in [-0.05, 0) is 28.1 Å². The average molecular weight is 236 g/mol. The van der Waals surface area contributed by atoms with Crippen LogP contribution in [0.15, 0.2) is 15.9 Å². The van der Waals surface area contributed by atoms with E-state index in [1.165, 1.54) is 11.3 Å². The summed E-state index contributed by atoms with van der Waals surface area (Å²) >= 11 is 4.74. The lowest BCUT2D eigenvalue weighted by molar-refractivity contribution is -0.134. The van der Waals surface area contributed by atoms with Gasteiger partial charge in [-0.3, -0.25) is 4.79 Å². The quantitative estimate of drug-likeness (QED) is 0.843. The van der Waals surface area contributed by atoms with Crippen molar-refractivity contribution in [2.75, 3.05) is 11.9 Å². The van der Waals surface area contributed by atoms with Gasteiger partial charge in [0.15, 0.2) is 0 Å². The number of hydrogen-bond donors (Lipinski definition) is 2. The van der Waals surface area contributed by atoms with Gasteiger partial charge < -0.3 is 10.4 Å². The van der Waals surface area contributed by atoms with Crippen molar-refractivity contribution >= 4 is 38.2 Å². The predicted octanol–water partition coefficient (Wildman–Crippen LogP) is 2.01. The second-order valence-electron chi connectivity index (χ2n) is 1.85. The van der Waals surface area contributed by atoms with Gasteiger partial charge in [-0.15, -0.1) is 11.3 Å². The molecule has 0 unspecified atom stereocenters. The van der Waals surface area contributed by atoms with E-state index in [0.29, 0.717) is 0 Å². The van der Waals surface area contributed by atoms with Gasteiger partial charge in [-0.1, -0.05) is 0 Å². The largest absolute Gasteiger partial charge is 0.480 e. The van der Waals surface area contributed by atoms with E-state index in [0.717, 1.165) is 8.79 Å². The Morgan fingerprint density at radius 1 is 1.73 bits per heavy atom. The highest BCUT2D eigenvalue weighted by Crippen LogP contribution is 2.25. The first-order valence-corrected chi connectivity index (χ1v) is 4.50. The lowest BCUT2D eigenvalue weighted by Gasteiger charge is -1.95. The minimum Gasteiger partial charge on any atom is -0.480 e. The van der Waals surface area contributed by atoms with E-state index in [2.05, 4.69) is 21.2 Å². The summed E-state index contributed by atoms with van der Waals surface area (Å²) in [4.78, 5) is 10.1. The number of rotatable bonds is 3. The molecule has 0 spiro atoms. The molecule has 1 aromatic rings. The van der Waals surface area contributed by atoms with Crippen molar-refractivity contribution in [1.82, 2.24) is 0 Å². The lowest BCUT2D eigenvalue weighted by atomic mass is 10.6. The Morgan fingerprint density at radius 2 is 2.45 bits per heavy atom. The van der Waals surface area contributed by atoms with Crippen LogP contribution in [0, 0.1) is 0 Å². The third-order valence-corrected chi connectivity index (χ3v) is 2.57. The molecule has 0 aromatic carbocycles. The summed E-state index contributed by atoms with van der Waals surface area (Å²) in [6.45, 7) is -0.0348. The molecule has 0 radical (unpaired) electrons. The SMILES string of the molecule is O=C(O)CNc1ccc(Br)s1. The van der Waals surface area contributed by atoms with E-state index >= 15 is 0 Å². The minimum absolute atomic E-state index is 0.0348. The lowest BCUT2D eigenvalue weighted by Crippen LogP contribution is -2.11. The first kappa shape index (κ1) is 8.55. The highest BCUT2D eigenvalue weighted by Gasteiger charge is 1.98. The molecule has 1 heterocycles. The molecule has 0 aliphatic rings. The summed E-state index contributed by atoms with van der Waals surface area (Å²) < 4.78 is 0.991. The van der Waals surface area contributed by atoms with Gasteiger partial charge in [0.05, 0.1) is 8.79 Å². The highest BCUT2D eigenvalue weighted by atomic mass is 79.9. The number of halogens is 1.